The van der Waals surface area contributed by atoms with E-state index in [9.17, 15) is 4.79 Å². The van der Waals surface area contributed by atoms with E-state index in [0.29, 0.717) is 19.8 Å². The van der Waals surface area contributed by atoms with E-state index in [-0.39, 0.29) is 24.9 Å². The third-order valence-electron chi connectivity index (χ3n) is 2.21. The van der Waals surface area contributed by atoms with Crippen molar-refractivity contribution in [3.63, 3.8) is 0 Å². The van der Waals surface area contributed by atoms with Gasteiger partial charge in [-0.2, -0.15) is 0 Å². The predicted molar refractivity (Wildman–Crippen MR) is 81.3 cm³/mol. The van der Waals surface area contributed by atoms with Crippen LogP contribution in [-0.2, 0) is 9.53 Å². The number of nitrogens with one attached hydrogen (secondary N) is 1. The average molecular weight is 303 g/mol. The number of rotatable bonds is 8. The minimum Gasteiger partial charge on any atom is -0.491 e. The van der Waals surface area contributed by atoms with E-state index in [2.05, 4.69) is 5.32 Å². The van der Waals surface area contributed by atoms with Gasteiger partial charge in [-0.05, 0) is 26.0 Å². The van der Waals surface area contributed by atoms with Gasteiger partial charge in [0.25, 0.3) is 0 Å². The number of carbonyl (C=O) groups excluding carboxylic acids is 1. The number of benzene rings is 1. The van der Waals surface area contributed by atoms with E-state index in [0.717, 1.165) is 5.75 Å². The molecule has 1 amide bonds. The van der Waals surface area contributed by atoms with Crippen molar-refractivity contribution in [2.24, 2.45) is 5.73 Å². The zero-order valence-corrected chi connectivity index (χ0v) is 12.7. The third kappa shape index (κ3) is 9.61. The van der Waals surface area contributed by atoms with Crippen molar-refractivity contribution in [2.75, 3.05) is 26.4 Å². The maximum absolute atomic E-state index is 11.4. The van der Waals surface area contributed by atoms with Gasteiger partial charge in [-0.25, -0.2) is 0 Å². The summed E-state index contributed by atoms with van der Waals surface area (Å²) >= 11 is 0. The Morgan fingerprint density at radius 3 is 2.50 bits per heavy atom. The summed E-state index contributed by atoms with van der Waals surface area (Å²) in [7, 11) is 0. The van der Waals surface area contributed by atoms with Gasteiger partial charge in [-0.1, -0.05) is 18.2 Å². The van der Waals surface area contributed by atoms with Crippen LogP contribution in [0, 0.1) is 0 Å². The Morgan fingerprint density at radius 2 is 1.90 bits per heavy atom. The molecule has 0 bridgehead atoms. The molecule has 0 aliphatic rings. The van der Waals surface area contributed by atoms with Gasteiger partial charge in [0.15, 0.2) is 0 Å². The molecule has 0 saturated heterocycles. The number of nitrogens with two attached hydrogens (primary N) is 1. The molecule has 0 radical (unpaired) electrons. The highest BCUT2D eigenvalue weighted by Crippen LogP contribution is 2.07. The molecular weight excluding hydrogens is 280 g/mol. The molecule has 20 heavy (non-hydrogen) atoms. The molecule has 5 nitrogen and oxygen atoms in total. The number of para-hydroxylation sites is 1. The SMILES string of the molecule is CC(C)(N)CNC(=O)COCCOc1ccccc1.Cl. The van der Waals surface area contributed by atoms with Gasteiger partial charge in [0.2, 0.25) is 5.91 Å². The van der Waals surface area contributed by atoms with Crippen LogP contribution in [-0.4, -0.2) is 37.8 Å². The van der Waals surface area contributed by atoms with E-state index in [1.54, 1.807) is 0 Å². The summed E-state index contributed by atoms with van der Waals surface area (Å²) in [5.74, 6) is 0.624. The molecule has 0 aliphatic carbocycles. The van der Waals surface area contributed by atoms with Crippen LogP contribution in [0.2, 0.25) is 0 Å². The summed E-state index contributed by atoms with van der Waals surface area (Å²) < 4.78 is 10.6. The van der Waals surface area contributed by atoms with Crippen LogP contribution in [0.25, 0.3) is 0 Å². The monoisotopic (exact) mass is 302 g/mol. The number of amides is 1. The highest BCUT2D eigenvalue weighted by Gasteiger charge is 2.11. The van der Waals surface area contributed by atoms with Crippen LogP contribution in [0.4, 0.5) is 0 Å². The Morgan fingerprint density at radius 1 is 1.25 bits per heavy atom. The van der Waals surface area contributed by atoms with Gasteiger partial charge < -0.3 is 20.5 Å². The first-order valence-corrected chi connectivity index (χ1v) is 6.28. The first-order chi connectivity index (χ1) is 8.97. The quantitative estimate of drug-likeness (QED) is 0.711. The largest absolute Gasteiger partial charge is 0.491 e. The lowest BCUT2D eigenvalue weighted by Gasteiger charge is -2.18. The summed E-state index contributed by atoms with van der Waals surface area (Å²) in [6.07, 6.45) is 0. The lowest BCUT2D eigenvalue weighted by molar-refractivity contribution is -0.126. The smallest absolute Gasteiger partial charge is 0.246 e. The second kappa shape index (κ2) is 9.58. The van der Waals surface area contributed by atoms with Crippen LogP contribution in [0.1, 0.15) is 13.8 Å². The topological polar surface area (TPSA) is 73.6 Å². The van der Waals surface area contributed by atoms with Gasteiger partial charge in [0.1, 0.15) is 19.0 Å². The molecular formula is C14H23ClN2O3. The van der Waals surface area contributed by atoms with Crippen molar-refractivity contribution in [1.82, 2.24) is 5.32 Å². The summed E-state index contributed by atoms with van der Waals surface area (Å²) in [6, 6.07) is 9.47. The number of carbonyl (C=O) groups is 1. The van der Waals surface area contributed by atoms with E-state index in [1.807, 2.05) is 44.2 Å². The van der Waals surface area contributed by atoms with E-state index < -0.39 is 5.54 Å². The molecule has 114 valence electrons. The van der Waals surface area contributed by atoms with Crippen LogP contribution >= 0.6 is 12.4 Å². The molecule has 0 aromatic heterocycles. The fourth-order valence-corrected chi connectivity index (χ4v) is 1.28. The van der Waals surface area contributed by atoms with Crippen molar-refractivity contribution in [2.45, 2.75) is 19.4 Å². The number of halogens is 1. The fraction of sp³-hybridized carbons (Fsp3) is 0.500. The van der Waals surface area contributed by atoms with Crippen molar-refractivity contribution >= 4 is 18.3 Å². The highest BCUT2D eigenvalue weighted by molar-refractivity contribution is 5.85. The van der Waals surface area contributed by atoms with Crippen LogP contribution in [0.5, 0.6) is 5.75 Å². The molecule has 0 heterocycles. The van der Waals surface area contributed by atoms with Gasteiger partial charge in [-0.15, -0.1) is 12.4 Å². The molecule has 0 aliphatic heterocycles. The molecule has 0 saturated carbocycles. The summed E-state index contributed by atoms with van der Waals surface area (Å²) in [4.78, 5) is 11.4. The number of hydrogen-bond donors (Lipinski definition) is 2. The molecule has 1 aromatic carbocycles. The first kappa shape index (κ1) is 18.7. The Hall–Kier alpha value is -1.30. The number of ether oxygens (including phenoxy) is 2. The Labute approximate surface area is 126 Å². The first-order valence-electron chi connectivity index (χ1n) is 6.28. The lowest BCUT2D eigenvalue weighted by atomic mass is 10.1. The highest BCUT2D eigenvalue weighted by atomic mass is 35.5. The fourth-order valence-electron chi connectivity index (χ4n) is 1.28. The van der Waals surface area contributed by atoms with Gasteiger partial charge in [0.05, 0.1) is 6.61 Å². The minimum absolute atomic E-state index is 0. The molecule has 0 fully saturated rings. The zero-order chi connectivity index (χ0) is 14.1. The Bertz CT molecular complexity index is 380. The standard InChI is InChI=1S/C14H22N2O3.ClH/c1-14(2,15)11-16-13(17)10-18-8-9-19-12-6-4-3-5-7-12;/h3-7H,8-11,15H2,1-2H3,(H,16,17);1H. The van der Waals surface area contributed by atoms with Crippen molar-refractivity contribution in [1.29, 1.82) is 0 Å². The normalized spacial score (nSPS) is 10.6. The van der Waals surface area contributed by atoms with Crippen molar-refractivity contribution in [3.8, 4) is 5.75 Å². The molecule has 0 unspecified atom stereocenters. The van der Waals surface area contributed by atoms with Crippen molar-refractivity contribution in [3.05, 3.63) is 30.3 Å². The second-order valence-electron chi connectivity index (χ2n) is 4.98. The van der Waals surface area contributed by atoms with E-state index >= 15 is 0 Å². The van der Waals surface area contributed by atoms with E-state index in [4.69, 9.17) is 15.2 Å². The zero-order valence-electron chi connectivity index (χ0n) is 11.9. The Kier molecular flexibility index (Phi) is 8.96. The van der Waals surface area contributed by atoms with Crippen molar-refractivity contribution < 1.29 is 14.3 Å². The molecule has 0 spiro atoms. The molecule has 1 rings (SSSR count). The maximum atomic E-state index is 11.4. The van der Waals surface area contributed by atoms with Gasteiger partial charge in [-0.3, -0.25) is 4.79 Å². The minimum atomic E-state index is -0.411. The second-order valence-corrected chi connectivity index (χ2v) is 4.98. The van der Waals surface area contributed by atoms with E-state index in [1.165, 1.54) is 0 Å². The molecule has 1 aromatic rings. The number of hydrogen-bond acceptors (Lipinski definition) is 4. The van der Waals surface area contributed by atoms with Crippen LogP contribution in [0.3, 0.4) is 0 Å². The lowest BCUT2D eigenvalue weighted by Crippen LogP contribution is -2.46. The van der Waals surface area contributed by atoms with Gasteiger partial charge >= 0.3 is 0 Å². The molecule has 6 heteroatoms. The summed E-state index contributed by atoms with van der Waals surface area (Å²) in [5, 5.41) is 2.70. The summed E-state index contributed by atoms with van der Waals surface area (Å²) in [6.45, 7) is 4.93. The van der Waals surface area contributed by atoms with Gasteiger partial charge in [0, 0.05) is 12.1 Å². The molecule has 3 N–H and O–H groups in total. The maximum Gasteiger partial charge on any atom is 0.246 e. The average Bonchev–Trinajstić information content (AvgIpc) is 2.36. The summed E-state index contributed by atoms with van der Waals surface area (Å²) in [5.41, 5.74) is 5.34. The Balaban J connectivity index is 0.00000361. The van der Waals surface area contributed by atoms with Crippen LogP contribution in [0.15, 0.2) is 30.3 Å². The predicted octanol–water partition coefficient (Wildman–Crippen LogP) is 1.36. The van der Waals surface area contributed by atoms with Crippen LogP contribution < -0.4 is 15.8 Å². The molecule has 0 atom stereocenters. The third-order valence-corrected chi connectivity index (χ3v) is 2.21.